The summed E-state index contributed by atoms with van der Waals surface area (Å²) in [6.07, 6.45) is -2.20. The maximum absolute atomic E-state index is 11.8. The Balaban J connectivity index is -0.000000513. The molecule has 0 aliphatic rings. The predicted octanol–water partition coefficient (Wildman–Crippen LogP) is 4.52. The number of nitrogens with one attached hydrogen (secondary N) is 2. The summed E-state index contributed by atoms with van der Waals surface area (Å²) in [5.41, 5.74) is 0. The van der Waals surface area contributed by atoms with Crippen LogP contribution in [0, 0.1) is 0 Å². The van der Waals surface area contributed by atoms with Crippen molar-refractivity contribution in [1.82, 2.24) is 15.5 Å². The molecule has 7 nitrogen and oxygen atoms in total. The van der Waals surface area contributed by atoms with Crippen molar-refractivity contribution in [2.24, 2.45) is 0 Å². The molecule has 3 N–H and O–H groups in total. The van der Waals surface area contributed by atoms with Crippen molar-refractivity contribution >= 4 is 23.8 Å². The number of halogens is 6. The molecule has 0 saturated heterocycles. The van der Waals surface area contributed by atoms with Gasteiger partial charge in [0.15, 0.2) is 0 Å². The summed E-state index contributed by atoms with van der Waals surface area (Å²) in [6, 6.07) is 7.06. The predicted molar refractivity (Wildman–Crippen MR) is 132 cm³/mol. The number of alkyl halides is 5. The SMILES string of the molecule is CCC.CCC=O.CNC(CCOc1ccccc1Cl)C(=O)N(C)C.OCNCC(F)(F)C(F)(F)F. The minimum Gasteiger partial charge on any atom is -0.492 e. The third-order valence-corrected chi connectivity index (χ3v) is 3.94. The van der Waals surface area contributed by atoms with Crippen LogP contribution in [0.4, 0.5) is 22.0 Å². The normalized spacial score (nSPS) is 11.4. The summed E-state index contributed by atoms with van der Waals surface area (Å²) in [4.78, 5) is 22.5. The van der Waals surface area contributed by atoms with E-state index < -0.39 is 25.4 Å². The highest BCUT2D eigenvalue weighted by molar-refractivity contribution is 6.32. The smallest absolute Gasteiger partial charge is 0.454 e. The number of hydrogen-bond acceptors (Lipinski definition) is 6. The molecule has 0 bridgehead atoms. The number of ether oxygens (including phenoxy) is 1. The Morgan fingerprint density at radius 1 is 1.17 bits per heavy atom. The van der Waals surface area contributed by atoms with Gasteiger partial charge in [-0.3, -0.25) is 10.1 Å². The Hall–Kier alpha value is -2.02. The molecule has 1 rings (SSSR count). The zero-order valence-electron chi connectivity index (χ0n) is 21.6. The number of carbonyl (C=O) groups is 2. The Bertz CT molecular complexity index is 696. The summed E-state index contributed by atoms with van der Waals surface area (Å²) in [5.74, 6) is -4.10. The number of rotatable bonds is 10. The van der Waals surface area contributed by atoms with Crippen LogP contribution in [0.5, 0.6) is 5.75 Å². The van der Waals surface area contributed by atoms with Gasteiger partial charge >= 0.3 is 12.1 Å². The molecule has 1 aromatic rings. The first-order valence-corrected chi connectivity index (χ1v) is 11.5. The highest BCUT2D eigenvalue weighted by Gasteiger charge is 2.56. The van der Waals surface area contributed by atoms with E-state index in [2.05, 4.69) is 19.2 Å². The molecule has 0 fully saturated rings. The summed E-state index contributed by atoms with van der Waals surface area (Å²) in [7, 11) is 5.24. The minimum absolute atomic E-state index is 0.0419. The second kappa shape index (κ2) is 22.2. The standard InChI is InChI=1S/C13H19ClN2O2.C4H6F5NO.C3H6O.C3H8/c1-15-11(13(17)16(2)3)8-9-18-12-7-5-4-6-10(12)14;5-3(6,1-10-2-11)4(7,8)9;1-2-3-4;1-3-2/h4-7,11,15H,8-9H2,1-3H3;10-11H,1-2H2;3H,2H2,1H3;3H2,1-2H3. The van der Waals surface area contributed by atoms with Gasteiger partial charge < -0.3 is 24.9 Å². The van der Waals surface area contributed by atoms with Crippen molar-refractivity contribution in [2.45, 2.75) is 58.2 Å². The van der Waals surface area contributed by atoms with Gasteiger partial charge in [-0.1, -0.05) is 50.9 Å². The highest BCUT2D eigenvalue weighted by Crippen LogP contribution is 2.34. The summed E-state index contributed by atoms with van der Waals surface area (Å²) < 4.78 is 63.0. The summed E-state index contributed by atoms with van der Waals surface area (Å²) in [5, 5.41) is 12.9. The third-order valence-electron chi connectivity index (χ3n) is 3.63. The Kier molecular flexibility index (Phi) is 23.7. The maximum atomic E-state index is 11.8. The first kappa shape index (κ1) is 38.5. The van der Waals surface area contributed by atoms with Gasteiger partial charge in [-0.2, -0.15) is 22.0 Å². The minimum atomic E-state index is -5.56. The molecular weight excluding hydrogens is 513 g/mol. The van der Waals surface area contributed by atoms with E-state index in [0.717, 1.165) is 6.29 Å². The number of carbonyl (C=O) groups excluding carboxylic acids is 2. The van der Waals surface area contributed by atoms with Gasteiger partial charge in [0.25, 0.3) is 0 Å². The number of nitrogens with zero attached hydrogens (tertiary/aromatic N) is 1. The lowest BCUT2D eigenvalue weighted by atomic mass is 10.2. The monoisotopic (exact) mass is 551 g/mol. The van der Waals surface area contributed by atoms with Crippen molar-refractivity contribution in [2.75, 3.05) is 41.0 Å². The van der Waals surface area contributed by atoms with Crippen LogP contribution >= 0.6 is 11.6 Å². The molecule has 0 saturated carbocycles. The summed E-state index contributed by atoms with van der Waals surface area (Å²) >= 11 is 5.97. The number of likely N-dealkylation sites (N-methyl/N-ethyl adjacent to an activating group) is 2. The van der Waals surface area contributed by atoms with E-state index in [-0.39, 0.29) is 11.9 Å². The quantitative estimate of drug-likeness (QED) is 0.225. The number of hydrogen-bond donors (Lipinski definition) is 3. The molecule has 0 aliphatic carbocycles. The number of aliphatic hydroxyl groups is 1. The fourth-order valence-corrected chi connectivity index (χ4v) is 2.05. The van der Waals surface area contributed by atoms with Crippen molar-refractivity contribution in [3.63, 3.8) is 0 Å². The van der Waals surface area contributed by atoms with E-state index in [0.29, 0.717) is 30.2 Å². The second-order valence-electron chi connectivity index (χ2n) is 7.21. The Morgan fingerprint density at radius 2 is 1.67 bits per heavy atom. The van der Waals surface area contributed by atoms with Crippen LogP contribution in [-0.4, -0.2) is 81.4 Å². The van der Waals surface area contributed by atoms with Crippen molar-refractivity contribution < 1.29 is 41.4 Å². The van der Waals surface area contributed by atoms with Gasteiger partial charge in [-0.25, -0.2) is 0 Å². The van der Waals surface area contributed by atoms with Crippen LogP contribution < -0.4 is 15.4 Å². The fraction of sp³-hybridized carbons (Fsp3) is 0.652. The molecule has 0 spiro atoms. The van der Waals surface area contributed by atoms with Crippen molar-refractivity contribution in [3.8, 4) is 5.75 Å². The second-order valence-corrected chi connectivity index (χ2v) is 7.62. The van der Waals surface area contributed by atoms with E-state index >= 15 is 0 Å². The number of amides is 1. The number of para-hydroxylation sites is 1. The maximum Gasteiger partial charge on any atom is 0.454 e. The molecular formula is C23H39ClF5N3O4. The lowest BCUT2D eigenvalue weighted by Crippen LogP contribution is -2.45. The molecule has 212 valence electrons. The van der Waals surface area contributed by atoms with Crippen LogP contribution in [0.3, 0.4) is 0 Å². The van der Waals surface area contributed by atoms with Crippen LogP contribution in [0.15, 0.2) is 24.3 Å². The molecule has 1 unspecified atom stereocenters. The Morgan fingerprint density at radius 3 is 2.03 bits per heavy atom. The van der Waals surface area contributed by atoms with E-state index in [9.17, 15) is 31.5 Å². The molecule has 36 heavy (non-hydrogen) atoms. The van der Waals surface area contributed by atoms with Gasteiger partial charge in [0.05, 0.1) is 30.9 Å². The van der Waals surface area contributed by atoms with E-state index in [1.807, 2.05) is 25.1 Å². The first-order valence-electron chi connectivity index (χ1n) is 11.2. The molecule has 1 aromatic carbocycles. The van der Waals surface area contributed by atoms with Gasteiger partial charge in [0, 0.05) is 26.9 Å². The van der Waals surface area contributed by atoms with Crippen molar-refractivity contribution in [3.05, 3.63) is 29.3 Å². The molecule has 0 radical (unpaired) electrons. The van der Waals surface area contributed by atoms with Gasteiger partial charge in [-0.05, 0) is 19.2 Å². The van der Waals surface area contributed by atoms with Gasteiger partial charge in [0.1, 0.15) is 12.0 Å². The number of aliphatic hydroxyl groups excluding tert-OH is 1. The zero-order valence-corrected chi connectivity index (χ0v) is 22.3. The molecule has 0 aliphatic heterocycles. The Labute approximate surface area is 215 Å². The van der Waals surface area contributed by atoms with Crippen LogP contribution in [-0.2, 0) is 9.59 Å². The third kappa shape index (κ3) is 19.2. The fourth-order valence-electron chi connectivity index (χ4n) is 1.86. The average molecular weight is 552 g/mol. The molecule has 0 heterocycles. The van der Waals surface area contributed by atoms with Crippen LogP contribution in [0.1, 0.15) is 40.0 Å². The van der Waals surface area contributed by atoms with Crippen LogP contribution in [0.2, 0.25) is 5.02 Å². The highest BCUT2D eigenvalue weighted by atomic mass is 35.5. The first-order chi connectivity index (χ1) is 16.7. The van der Waals surface area contributed by atoms with E-state index in [1.54, 1.807) is 32.1 Å². The average Bonchev–Trinajstić information content (AvgIpc) is 2.81. The molecule has 1 amide bonds. The topological polar surface area (TPSA) is 90.9 Å². The lowest BCUT2D eigenvalue weighted by molar-refractivity contribution is -0.279. The largest absolute Gasteiger partial charge is 0.492 e. The number of benzene rings is 1. The van der Waals surface area contributed by atoms with Crippen LogP contribution in [0.25, 0.3) is 0 Å². The molecule has 0 aromatic heterocycles. The molecule has 1 atom stereocenters. The lowest BCUT2D eigenvalue weighted by Gasteiger charge is -2.20. The van der Waals surface area contributed by atoms with Gasteiger partial charge in [-0.15, -0.1) is 0 Å². The van der Waals surface area contributed by atoms with E-state index in [4.69, 9.17) is 21.4 Å². The van der Waals surface area contributed by atoms with Crippen molar-refractivity contribution in [1.29, 1.82) is 0 Å². The van der Waals surface area contributed by atoms with Gasteiger partial charge in [0.2, 0.25) is 5.91 Å². The number of aldehydes is 1. The van der Waals surface area contributed by atoms with E-state index in [1.165, 1.54) is 11.7 Å². The molecule has 13 heteroatoms. The zero-order chi connectivity index (χ0) is 28.8. The summed E-state index contributed by atoms with van der Waals surface area (Å²) in [6.45, 7) is 3.99.